The van der Waals surface area contributed by atoms with E-state index in [1.54, 1.807) is 37.3 Å². The Hall–Kier alpha value is -2.24. The molecule has 2 rings (SSSR count). The molecular weight excluding hydrogens is 399 g/mol. The summed E-state index contributed by atoms with van der Waals surface area (Å²) in [6.07, 6.45) is 0. The van der Waals surface area contributed by atoms with E-state index in [0.29, 0.717) is 21.4 Å². The highest BCUT2D eigenvalue weighted by molar-refractivity contribution is 6.35. The second-order valence-corrected chi connectivity index (χ2v) is 7.54. The Morgan fingerprint density at radius 2 is 1.75 bits per heavy atom. The topological polar surface area (TPSA) is 58.6 Å². The first kappa shape index (κ1) is 22.1. The van der Waals surface area contributed by atoms with E-state index in [1.807, 2.05) is 32.0 Å². The molecule has 0 aliphatic carbocycles. The second kappa shape index (κ2) is 10.3. The maximum absolute atomic E-state index is 12.9. The molecule has 0 fully saturated rings. The van der Waals surface area contributed by atoms with E-state index in [-0.39, 0.29) is 31.0 Å². The molecule has 1 N–H and O–H groups in total. The summed E-state index contributed by atoms with van der Waals surface area (Å²) in [5, 5.41) is 3.77. The Labute approximate surface area is 175 Å². The van der Waals surface area contributed by atoms with Crippen molar-refractivity contribution in [2.24, 2.45) is 0 Å². The lowest BCUT2D eigenvalue weighted by Crippen LogP contribution is -2.50. The lowest BCUT2D eigenvalue weighted by atomic mass is 10.1. The molecule has 0 unspecified atom stereocenters. The van der Waals surface area contributed by atoms with E-state index in [9.17, 15) is 9.59 Å². The zero-order valence-electron chi connectivity index (χ0n) is 16.1. The van der Waals surface area contributed by atoms with Gasteiger partial charge in [-0.1, -0.05) is 47.5 Å². The summed E-state index contributed by atoms with van der Waals surface area (Å²) in [4.78, 5) is 26.8. The highest BCUT2D eigenvalue weighted by Crippen LogP contribution is 2.23. The number of carbonyl (C=O) groups is 2. The molecule has 0 saturated carbocycles. The molecule has 5 nitrogen and oxygen atoms in total. The van der Waals surface area contributed by atoms with Crippen LogP contribution in [0, 0.1) is 0 Å². The van der Waals surface area contributed by atoms with Crippen molar-refractivity contribution < 1.29 is 14.3 Å². The van der Waals surface area contributed by atoms with Gasteiger partial charge in [0.1, 0.15) is 11.8 Å². The lowest BCUT2D eigenvalue weighted by molar-refractivity contribution is -0.142. The number of nitrogens with zero attached hydrogens (tertiary/aromatic N) is 1. The quantitative estimate of drug-likeness (QED) is 0.688. The second-order valence-electron chi connectivity index (χ2n) is 6.70. The summed E-state index contributed by atoms with van der Waals surface area (Å²) in [5.41, 5.74) is 0.698. The van der Waals surface area contributed by atoms with Crippen LogP contribution in [-0.4, -0.2) is 35.4 Å². The van der Waals surface area contributed by atoms with Crippen LogP contribution in [0.5, 0.6) is 5.75 Å². The summed E-state index contributed by atoms with van der Waals surface area (Å²) in [7, 11) is 0. The van der Waals surface area contributed by atoms with E-state index in [0.717, 1.165) is 0 Å². The smallest absolute Gasteiger partial charge is 0.261 e. The van der Waals surface area contributed by atoms with Crippen molar-refractivity contribution in [2.75, 3.05) is 6.61 Å². The summed E-state index contributed by atoms with van der Waals surface area (Å²) < 4.78 is 5.57. The van der Waals surface area contributed by atoms with Crippen molar-refractivity contribution >= 4 is 35.0 Å². The average Bonchev–Trinajstić information content (AvgIpc) is 2.65. The van der Waals surface area contributed by atoms with Crippen molar-refractivity contribution in [1.82, 2.24) is 10.2 Å². The van der Waals surface area contributed by atoms with Gasteiger partial charge in [-0.25, -0.2) is 0 Å². The maximum atomic E-state index is 12.9. The van der Waals surface area contributed by atoms with Gasteiger partial charge in [-0.05, 0) is 50.6 Å². The van der Waals surface area contributed by atoms with Crippen LogP contribution in [0.25, 0.3) is 0 Å². The van der Waals surface area contributed by atoms with Crippen LogP contribution in [0.4, 0.5) is 0 Å². The molecule has 2 aromatic rings. The van der Waals surface area contributed by atoms with Crippen molar-refractivity contribution in [1.29, 1.82) is 0 Å². The maximum Gasteiger partial charge on any atom is 0.261 e. The van der Waals surface area contributed by atoms with Crippen LogP contribution < -0.4 is 10.1 Å². The Bertz CT molecular complexity index is 813. The number of halogens is 2. The van der Waals surface area contributed by atoms with Crippen molar-refractivity contribution in [3.8, 4) is 5.75 Å². The lowest BCUT2D eigenvalue weighted by Gasteiger charge is -2.29. The highest BCUT2D eigenvalue weighted by atomic mass is 35.5. The minimum absolute atomic E-state index is 0.0356. The van der Waals surface area contributed by atoms with Crippen LogP contribution in [0.3, 0.4) is 0 Å². The molecule has 0 aromatic heterocycles. The zero-order chi connectivity index (χ0) is 20.7. The van der Waals surface area contributed by atoms with Gasteiger partial charge < -0.3 is 15.0 Å². The number of rotatable bonds is 8. The number of hydrogen-bond acceptors (Lipinski definition) is 3. The Morgan fingerprint density at radius 3 is 2.36 bits per heavy atom. The first-order valence-corrected chi connectivity index (χ1v) is 9.75. The number of nitrogens with one attached hydrogen (secondary N) is 1. The highest BCUT2D eigenvalue weighted by Gasteiger charge is 2.27. The fourth-order valence-corrected chi connectivity index (χ4v) is 3.03. The number of amides is 2. The molecule has 0 aliphatic heterocycles. The summed E-state index contributed by atoms with van der Waals surface area (Å²) in [5.74, 6) is 0.0223. The molecule has 0 heterocycles. The normalized spacial score (nSPS) is 11.8. The van der Waals surface area contributed by atoms with E-state index in [4.69, 9.17) is 27.9 Å². The van der Waals surface area contributed by atoms with Gasteiger partial charge in [-0.15, -0.1) is 0 Å². The third kappa shape index (κ3) is 6.43. The summed E-state index contributed by atoms with van der Waals surface area (Å²) >= 11 is 12.2. The zero-order valence-corrected chi connectivity index (χ0v) is 17.6. The SMILES string of the molecule is CC(C)NC(=O)[C@@H](C)N(Cc1ccc(Cl)cc1Cl)C(=O)COc1ccccc1. The minimum atomic E-state index is -0.694. The molecular formula is C21H24Cl2N2O3. The number of carbonyl (C=O) groups excluding carboxylic acids is 2. The predicted molar refractivity (Wildman–Crippen MR) is 112 cm³/mol. The van der Waals surface area contributed by atoms with Gasteiger partial charge in [0, 0.05) is 22.6 Å². The van der Waals surface area contributed by atoms with E-state index < -0.39 is 6.04 Å². The molecule has 0 saturated heterocycles. The van der Waals surface area contributed by atoms with Gasteiger partial charge >= 0.3 is 0 Å². The van der Waals surface area contributed by atoms with Crippen LogP contribution in [0.2, 0.25) is 10.0 Å². The molecule has 150 valence electrons. The van der Waals surface area contributed by atoms with Crippen LogP contribution >= 0.6 is 23.2 Å². The van der Waals surface area contributed by atoms with Crippen LogP contribution in [-0.2, 0) is 16.1 Å². The first-order valence-electron chi connectivity index (χ1n) is 8.99. The molecule has 0 bridgehead atoms. The fraction of sp³-hybridized carbons (Fsp3) is 0.333. The van der Waals surface area contributed by atoms with Gasteiger partial charge in [0.15, 0.2) is 6.61 Å². The number of para-hydroxylation sites is 1. The Morgan fingerprint density at radius 1 is 1.07 bits per heavy atom. The molecule has 2 aromatic carbocycles. The van der Waals surface area contributed by atoms with E-state index >= 15 is 0 Å². The molecule has 0 radical (unpaired) electrons. The number of benzene rings is 2. The molecule has 2 amide bonds. The van der Waals surface area contributed by atoms with Crippen LogP contribution in [0.15, 0.2) is 48.5 Å². The Kier molecular flexibility index (Phi) is 8.15. The molecule has 28 heavy (non-hydrogen) atoms. The standard InChI is InChI=1S/C21H24Cl2N2O3/c1-14(2)24-21(27)15(3)25(12-16-9-10-17(22)11-19(16)23)20(26)13-28-18-7-5-4-6-8-18/h4-11,14-15H,12-13H2,1-3H3,(H,24,27)/t15-/m1/s1. The van der Waals surface area contributed by atoms with Crippen molar-refractivity contribution in [3.63, 3.8) is 0 Å². The van der Waals surface area contributed by atoms with Gasteiger partial charge in [0.05, 0.1) is 0 Å². The fourth-order valence-electron chi connectivity index (χ4n) is 2.57. The van der Waals surface area contributed by atoms with Gasteiger partial charge in [0.25, 0.3) is 5.91 Å². The summed E-state index contributed by atoms with van der Waals surface area (Å²) in [6, 6.07) is 13.4. The molecule has 0 aliphatic rings. The van der Waals surface area contributed by atoms with Gasteiger partial charge in [-0.3, -0.25) is 9.59 Å². The average molecular weight is 423 g/mol. The third-order valence-corrected chi connectivity index (χ3v) is 4.65. The molecule has 1 atom stereocenters. The van der Waals surface area contributed by atoms with E-state index in [2.05, 4.69) is 5.32 Å². The summed E-state index contributed by atoms with van der Waals surface area (Å²) in [6.45, 7) is 5.40. The van der Waals surface area contributed by atoms with Crippen molar-refractivity contribution in [3.05, 3.63) is 64.1 Å². The van der Waals surface area contributed by atoms with Crippen LogP contribution in [0.1, 0.15) is 26.3 Å². The first-order chi connectivity index (χ1) is 13.3. The minimum Gasteiger partial charge on any atom is -0.484 e. The largest absolute Gasteiger partial charge is 0.484 e. The number of ether oxygens (including phenoxy) is 1. The predicted octanol–water partition coefficient (Wildman–Crippen LogP) is 4.31. The monoisotopic (exact) mass is 422 g/mol. The third-order valence-electron chi connectivity index (χ3n) is 4.06. The van der Waals surface area contributed by atoms with Crippen molar-refractivity contribution in [2.45, 2.75) is 39.4 Å². The van der Waals surface area contributed by atoms with E-state index in [1.165, 1.54) is 4.90 Å². The molecule has 0 spiro atoms. The molecule has 7 heteroatoms. The number of hydrogen-bond donors (Lipinski definition) is 1. The van der Waals surface area contributed by atoms with Gasteiger partial charge in [0.2, 0.25) is 5.91 Å². The van der Waals surface area contributed by atoms with Gasteiger partial charge in [-0.2, -0.15) is 0 Å². The Balaban J connectivity index is 2.18.